The lowest BCUT2D eigenvalue weighted by molar-refractivity contribution is 0.0776. The van der Waals surface area contributed by atoms with E-state index in [0.29, 0.717) is 31.0 Å². The van der Waals surface area contributed by atoms with Crippen molar-refractivity contribution in [3.8, 4) is 0 Å². The van der Waals surface area contributed by atoms with Crippen molar-refractivity contribution >= 4 is 11.6 Å². The van der Waals surface area contributed by atoms with Crippen LogP contribution in [0, 0.1) is 5.92 Å². The Kier molecular flexibility index (Phi) is 3.33. The predicted molar refractivity (Wildman–Crippen MR) is 63.4 cm³/mol. The Morgan fingerprint density at radius 1 is 1.71 bits per heavy atom. The van der Waals surface area contributed by atoms with Crippen LogP contribution in [0.1, 0.15) is 23.8 Å². The standard InChI is InChI=1S/C11H18N4O2/c1-2-15-6-9(12)10(13-15)11(17)14-4-3-8(5-14)7-16/h6,8,16H,2-5,7,12H2,1H3. The van der Waals surface area contributed by atoms with Gasteiger partial charge in [0.2, 0.25) is 0 Å². The molecule has 1 atom stereocenters. The monoisotopic (exact) mass is 238 g/mol. The quantitative estimate of drug-likeness (QED) is 0.772. The van der Waals surface area contributed by atoms with Crippen molar-refractivity contribution in [3.05, 3.63) is 11.9 Å². The van der Waals surface area contributed by atoms with E-state index in [9.17, 15) is 4.79 Å². The van der Waals surface area contributed by atoms with E-state index in [-0.39, 0.29) is 18.4 Å². The van der Waals surface area contributed by atoms with Crippen LogP contribution in [0.4, 0.5) is 5.69 Å². The third-order valence-electron chi connectivity index (χ3n) is 3.15. The van der Waals surface area contributed by atoms with Gasteiger partial charge in [-0.2, -0.15) is 5.10 Å². The van der Waals surface area contributed by atoms with Crippen molar-refractivity contribution in [3.63, 3.8) is 0 Å². The van der Waals surface area contributed by atoms with Gasteiger partial charge in [-0.05, 0) is 13.3 Å². The third kappa shape index (κ3) is 2.26. The van der Waals surface area contributed by atoms with Crippen LogP contribution in [0.25, 0.3) is 0 Å². The smallest absolute Gasteiger partial charge is 0.276 e. The normalized spacial score (nSPS) is 19.9. The molecule has 0 spiro atoms. The van der Waals surface area contributed by atoms with Crippen molar-refractivity contribution in [1.29, 1.82) is 0 Å². The van der Waals surface area contributed by atoms with Gasteiger partial charge in [-0.3, -0.25) is 9.48 Å². The van der Waals surface area contributed by atoms with Crippen LogP contribution in [0.2, 0.25) is 0 Å². The van der Waals surface area contributed by atoms with Gasteiger partial charge >= 0.3 is 0 Å². The number of hydrogen-bond acceptors (Lipinski definition) is 4. The summed E-state index contributed by atoms with van der Waals surface area (Å²) in [6, 6.07) is 0. The fourth-order valence-electron chi connectivity index (χ4n) is 2.08. The Bertz CT molecular complexity index is 416. The summed E-state index contributed by atoms with van der Waals surface area (Å²) in [6.45, 7) is 4.02. The summed E-state index contributed by atoms with van der Waals surface area (Å²) in [6.07, 6.45) is 2.52. The Hall–Kier alpha value is -1.56. The zero-order valence-corrected chi connectivity index (χ0v) is 9.96. The van der Waals surface area contributed by atoms with Crippen LogP contribution in [0.15, 0.2) is 6.20 Å². The molecule has 1 unspecified atom stereocenters. The maximum Gasteiger partial charge on any atom is 0.276 e. The molecule has 1 amide bonds. The number of hydrogen-bond donors (Lipinski definition) is 2. The van der Waals surface area contributed by atoms with Gasteiger partial charge in [0.05, 0.1) is 5.69 Å². The van der Waals surface area contributed by atoms with Gasteiger partial charge in [0, 0.05) is 38.4 Å². The van der Waals surface area contributed by atoms with E-state index in [0.717, 1.165) is 6.42 Å². The molecule has 0 aliphatic carbocycles. The van der Waals surface area contributed by atoms with Gasteiger partial charge < -0.3 is 15.7 Å². The zero-order valence-electron chi connectivity index (χ0n) is 9.96. The minimum absolute atomic E-state index is 0.128. The molecule has 1 saturated heterocycles. The van der Waals surface area contributed by atoms with E-state index in [1.165, 1.54) is 0 Å². The summed E-state index contributed by atoms with van der Waals surface area (Å²) in [7, 11) is 0. The van der Waals surface area contributed by atoms with Crippen LogP contribution in [0.5, 0.6) is 0 Å². The number of aliphatic hydroxyl groups is 1. The van der Waals surface area contributed by atoms with Crippen molar-refractivity contribution in [2.24, 2.45) is 5.92 Å². The van der Waals surface area contributed by atoms with Crippen LogP contribution in [-0.2, 0) is 6.54 Å². The molecule has 0 radical (unpaired) electrons. The number of anilines is 1. The second-order valence-electron chi connectivity index (χ2n) is 4.38. The minimum atomic E-state index is -0.134. The molecule has 1 aromatic heterocycles. The topological polar surface area (TPSA) is 84.4 Å². The van der Waals surface area contributed by atoms with Crippen molar-refractivity contribution in [1.82, 2.24) is 14.7 Å². The van der Waals surface area contributed by atoms with Crippen molar-refractivity contribution in [2.45, 2.75) is 19.9 Å². The van der Waals surface area contributed by atoms with E-state index in [4.69, 9.17) is 10.8 Å². The number of nitrogens with two attached hydrogens (primary N) is 1. The van der Waals surface area contributed by atoms with Gasteiger partial charge in [0.15, 0.2) is 5.69 Å². The number of carbonyl (C=O) groups is 1. The highest BCUT2D eigenvalue weighted by Gasteiger charge is 2.28. The molecular weight excluding hydrogens is 220 g/mol. The highest BCUT2D eigenvalue weighted by atomic mass is 16.3. The third-order valence-corrected chi connectivity index (χ3v) is 3.15. The second-order valence-corrected chi connectivity index (χ2v) is 4.38. The average molecular weight is 238 g/mol. The molecule has 1 aromatic rings. The van der Waals surface area contributed by atoms with Crippen LogP contribution in [-0.4, -0.2) is 45.4 Å². The molecule has 0 aromatic carbocycles. The van der Waals surface area contributed by atoms with Gasteiger partial charge in [-0.15, -0.1) is 0 Å². The van der Waals surface area contributed by atoms with Gasteiger partial charge in [-0.25, -0.2) is 0 Å². The first-order valence-electron chi connectivity index (χ1n) is 5.88. The van der Waals surface area contributed by atoms with Crippen LogP contribution >= 0.6 is 0 Å². The molecule has 3 N–H and O–H groups in total. The molecule has 94 valence electrons. The number of aryl methyl sites for hydroxylation is 1. The number of amides is 1. The first kappa shape index (κ1) is 11.9. The molecular formula is C11H18N4O2. The number of carbonyl (C=O) groups excluding carboxylic acids is 1. The SMILES string of the molecule is CCn1cc(N)c(C(=O)N2CCC(CO)C2)n1. The highest BCUT2D eigenvalue weighted by Crippen LogP contribution is 2.20. The molecule has 0 saturated carbocycles. The molecule has 6 nitrogen and oxygen atoms in total. The lowest BCUT2D eigenvalue weighted by atomic mass is 10.1. The molecule has 0 bridgehead atoms. The van der Waals surface area contributed by atoms with Crippen LogP contribution < -0.4 is 5.73 Å². The molecule has 1 aliphatic rings. The molecule has 1 fully saturated rings. The summed E-state index contributed by atoms with van der Waals surface area (Å²) in [5.41, 5.74) is 6.52. The number of nitrogen functional groups attached to an aromatic ring is 1. The molecule has 2 heterocycles. The predicted octanol–water partition coefficient (Wildman–Crippen LogP) is -0.0604. The van der Waals surface area contributed by atoms with E-state index < -0.39 is 0 Å². The van der Waals surface area contributed by atoms with Gasteiger partial charge in [0.1, 0.15) is 0 Å². The average Bonchev–Trinajstić information content (AvgIpc) is 2.94. The lowest BCUT2D eigenvalue weighted by Gasteiger charge is -2.14. The van der Waals surface area contributed by atoms with E-state index in [2.05, 4.69) is 5.10 Å². The zero-order chi connectivity index (χ0) is 12.4. The summed E-state index contributed by atoms with van der Waals surface area (Å²) in [5.74, 6) is 0.0547. The van der Waals surface area contributed by atoms with Crippen molar-refractivity contribution in [2.75, 3.05) is 25.4 Å². The Morgan fingerprint density at radius 3 is 3.00 bits per heavy atom. The summed E-state index contributed by atoms with van der Waals surface area (Å²) >= 11 is 0. The number of aromatic nitrogens is 2. The summed E-state index contributed by atoms with van der Waals surface area (Å²) in [5, 5.41) is 13.2. The number of nitrogens with zero attached hydrogens (tertiary/aromatic N) is 3. The molecule has 17 heavy (non-hydrogen) atoms. The Labute approximate surface area is 100 Å². The maximum atomic E-state index is 12.1. The highest BCUT2D eigenvalue weighted by molar-refractivity contribution is 5.97. The Balaban J connectivity index is 2.11. The minimum Gasteiger partial charge on any atom is -0.396 e. The first-order chi connectivity index (χ1) is 8.15. The van der Waals surface area contributed by atoms with Crippen molar-refractivity contribution < 1.29 is 9.90 Å². The Morgan fingerprint density at radius 2 is 2.47 bits per heavy atom. The molecule has 2 rings (SSSR count). The lowest BCUT2D eigenvalue weighted by Crippen LogP contribution is -2.30. The molecule has 1 aliphatic heterocycles. The van der Waals surface area contributed by atoms with Crippen LogP contribution in [0.3, 0.4) is 0 Å². The number of aliphatic hydroxyl groups excluding tert-OH is 1. The summed E-state index contributed by atoms with van der Waals surface area (Å²) in [4.78, 5) is 13.9. The fourth-order valence-corrected chi connectivity index (χ4v) is 2.08. The van der Waals surface area contributed by atoms with E-state index in [1.807, 2.05) is 6.92 Å². The second kappa shape index (κ2) is 4.75. The first-order valence-corrected chi connectivity index (χ1v) is 5.88. The van der Waals surface area contributed by atoms with Gasteiger partial charge in [-0.1, -0.05) is 0 Å². The number of rotatable bonds is 3. The fraction of sp³-hybridized carbons (Fsp3) is 0.636. The number of likely N-dealkylation sites (tertiary alicyclic amines) is 1. The largest absolute Gasteiger partial charge is 0.396 e. The van der Waals surface area contributed by atoms with E-state index >= 15 is 0 Å². The van der Waals surface area contributed by atoms with Gasteiger partial charge in [0.25, 0.3) is 5.91 Å². The van der Waals surface area contributed by atoms with E-state index in [1.54, 1.807) is 15.8 Å². The molecule has 6 heteroatoms. The maximum absolute atomic E-state index is 12.1. The summed E-state index contributed by atoms with van der Waals surface area (Å²) < 4.78 is 1.65.